The van der Waals surface area contributed by atoms with Gasteiger partial charge in [-0.3, -0.25) is 0 Å². The van der Waals surface area contributed by atoms with E-state index in [1.807, 2.05) is 24.3 Å². The van der Waals surface area contributed by atoms with E-state index in [2.05, 4.69) is 35.3 Å². The van der Waals surface area contributed by atoms with Crippen LogP contribution in [0, 0.1) is 11.3 Å². The molecule has 6 nitrogen and oxygen atoms in total. The second-order valence-corrected chi connectivity index (χ2v) is 6.63. The molecule has 0 spiro atoms. The smallest absolute Gasteiger partial charge is 0.194 e. The van der Waals surface area contributed by atoms with Crippen molar-refractivity contribution < 1.29 is 9.47 Å². The van der Waals surface area contributed by atoms with Gasteiger partial charge in [-0.2, -0.15) is 5.26 Å². The molecular weight excluding hydrogens is 352 g/mol. The van der Waals surface area contributed by atoms with Gasteiger partial charge in [-0.15, -0.1) is 0 Å². The Labute approximate surface area is 166 Å². The van der Waals surface area contributed by atoms with E-state index in [0.717, 1.165) is 49.1 Å². The lowest BCUT2D eigenvalue weighted by Crippen LogP contribution is -2.44. The third-order valence-electron chi connectivity index (χ3n) is 4.82. The third-order valence-corrected chi connectivity index (χ3v) is 4.82. The Hall–Kier alpha value is -3.20. The van der Waals surface area contributed by atoms with Crippen LogP contribution >= 0.6 is 0 Å². The van der Waals surface area contributed by atoms with Crippen molar-refractivity contribution in [2.75, 3.05) is 27.3 Å². The topological polar surface area (TPSA) is 69.9 Å². The zero-order chi connectivity index (χ0) is 19.9. The summed E-state index contributed by atoms with van der Waals surface area (Å²) in [5.74, 6) is 2.40. The Morgan fingerprint density at radius 3 is 2.61 bits per heavy atom. The molecule has 0 unspecified atom stereocenters. The van der Waals surface area contributed by atoms with Gasteiger partial charge in [-0.25, -0.2) is 4.99 Å². The molecule has 0 fully saturated rings. The Bertz CT molecular complexity index is 902. The third kappa shape index (κ3) is 4.37. The number of methoxy groups -OCH3 is 2. The van der Waals surface area contributed by atoms with Crippen molar-refractivity contribution in [3.8, 4) is 17.6 Å². The zero-order valence-electron chi connectivity index (χ0n) is 16.7. The normalized spacial score (nSPS) is 13.5. The molecule has 0 aromatic heterocycles. The van der Waals surface area contributed by atoms with Crippen LogP contribution in [0.2, 0.25) is 0 Å². The van der Waals surface area contributed by atoms with Gasteiger partial charge in [-0.05, 0) is 54.3 Å². The number of fused-ring (bicyclic) bond motifs is 1. The maximum absolute atomic E-state index is 9.08. The number of nitrogens with one attached hydrogen (secondary N) is 1. The molecule has 146 valence electrons. The highest BCUT2D eigenvalue weighted by molar-refractivity contribution is 5.80. The van der Waals surface area contributed by atoms with Crippen LogP contribution in [-0.2, 0) is 19.5 Å². The highest BCUT2D eigenvalue weighted by Gasteiger charge is 2.21. The molecule has 0 saturated carbocycles. The zero-order valence-corrected chi connectivity index (χ0v) is 16.7. The Morgan fingerprint density at radius 2 is 1.93 bits per heavy atom. The van der Waals surface area contributed by atoms with Crippen molar-refractivity contribution in [1.82, 2.24) is 10.2 Å². The van der Waals surface area contributed by atoms with Gasteiger partial charge < -0.3 is 19.7 Å². The first-order valence-electron chi connectivity index (χ1n) is 9.44. The highest BCUT2D eigenvalue weighted by Crippen LogP contribution is 2.33. The molecule has 0 saturated heterocycles. The van der Waals surface area contributed by atoms with E-state index < -0.39 is 0 Å². The van der Waals surface area contributed by atoms with Crippen LogP contribution in [0.1, 0.15) is 29.2 Å². The second kappa shape index (κ2) is 9.14. The van der Waals surface area contributed by atoms with Crippen molar-refractivity contribution in [1.29, 1.82) is 5.26 Å². The van der Waals surface area contributed by atoms with Gasteiger partial charge in [0.05, 0.1) is 32.4 Å². The Balaban J connectivity index is 1.80. The quantitative estimate of drug-likeness (QED) is 0.640. The molecule has 6 heteroatoms. The van der Waals surface area contributed by atoms with Crippen LogP contribution in [0.4, 0.5) is 0 Å². The molecule has 1 aliphatic rings. The molecule has 0 amide bonds. The first-order valence-corrected chi connectivity index (χ1v) is 9.44. The molecule has 28 heavy (non-hydrogen) atoms. The number of rotatable bonds is 5. The molecule has 1 aliphatic heterocycles. The van der Waals surface area contributed by atoms with E-state index in [0.29, 0.717) is 12.1 Å². The number of guanidine groups is 1. The van der Waals surface area contributed by atoms with E-state index in [9.17, 15) is 0 Å². The lowest BCUT2D eigenvalue weighted by atomic mass is 9.99. The molecular formula is C22H26N4O2. The van der Waals surface area contributed by atoms with Crippen molar-refractivity contribution in [2.45, 2.75) is 26.4 Å². The lowest BCUT2D eigenvalue weighted by molar-refractivity contribution is 0.346. The Morgan fingerprint density at radius 1 is 1.18 bits per heavy atom. The summed E-state index contributed by atoms with van der Waals surface area (Å²) in [7, 11) is 3.32. The minimum Gasteiger partial charge on any atom is -0.493 e. The first kappa shape index (κ1) is 19.6. The maximum atomic E-state index is 9.08. The largest absolute Gasteiger partial charge is 0.493 e. The monoisotopic (exact) mass is 378 g/mol. The summed E-state index contributed by atoms with van der Waals surface area (Å²) in [6.45, 7) is 5.05. The molecule has 1 heterocycles. The van der Waals surface area contributed by atoms with E-state index in [1.165, 1.54) is 11.1 Å². The van der Waals surface area contributed by atoms with Crippen LogP contribution in [0.3, 0.4) is 0 Å². The number of benzene rings is 2. The molecule has 3 rings (SSSR count). The predicted octanol–water partition coefficient (Wildman–Crippen LogP) is 3.10. The predicted molar refractivity (Wildman–Crippen MR) is 110 cm³/mol. The molecule has 2 aromatic carbocycles. The highest BCUT2D eigenvalue weighted by atomic mass is 16.5. The maximum Gasteiger partial charge on any atom is 0.194 e. The number of aliphatic imine (C=N–C) groups is 1. The minimum absolute atomic E-state index is 0.535. The summed E-state index contributed by atoms with van der Waals surface area (Å²) in [5, 5.41) is 12.5. The number of nitriles is 1. The van der Waals surface area contributed by atoms with Crippen LogP contribution in [0.15, 0.2) is 41.4 Å². The van der Waals surface area contributed by atoms with E-state index in [4.69, 9.17) is 19.7 Å². The van der Waals surface area contributed by atoms with Crippen LogP contribution in [0.25, 0.3) is 0 Å². The number of ether oxygens (including phenoxy) is 2. The van der Waals surface area contributed by atoms with Crippen molar-refractivity contribution in [2.24, 2.45) is 4.99 Å². The fraction of sp³-hybridized carbons (Fsp3) is 0.364. The van der Waals surface area contributed by atoms with Crippen molar-refractivity contribution in [3.63, 3.8) is 0 Å². The Kier molecular flexibility index (Phi) is 6.38. The van der Waals surface area contributed by atoms with Crippen molar-refractivity contribution in [3.05, 3.63) is 58.7 Å². The second-order valence-electron chi connectivity index (χ2n) is 6.63. The number of nitrogens with zero attached hydrogens (tertiary/aromatic N) is 3. The molecule has 0 aliphatic carbocycles. The summed E-state index contributed by atoms with van der Waals surface area (Å²) in [6.07, 6.45) is 0.921. The molecule has 0 bridgehead atoms. The summed E-state index contributed by atoms with van der Waals surface area (Å²) < 4.78 is 10.9. The first-order chi connectivity index (χ1) is 13.7. The van der Waals surface area contributed by atoms with E-state index in [1.54, 1.807) is 14.2 Å². The fourth-order valence-electron chi connectivity index (χ4n) is 3.40. The van der Waals surface area contributed by atoms with Gasteiger partial charge in [0.15, 0.2) is 17.5 Å². The van der Waals surface area contributed by atoms with E-state index >= 15 is 0 Å². The van der Waals surface area contributed by atoms with Crippen LogP contribution in [0.5, 0.6) is 11.5 Å². The fourth-order valence-corrected chi connectivity index (χ4v) is 3.40. The minimum atomic E-state index is 0.535. The van der Waals surface area contributed by atoms with Gasteiger partial charge >= 0.3 is 0 Å². The number of hydrogen-bond acceptors (Lipinski definition) is 4. The molecule has 0 radical (unpaired) electrons. The molecule has 0 atom stereocenters. The van der Waals surface area contributed by atoms with Gasteiger partial charge in [0.2, 0.25) is 0 Å². The average Bonchev–Trinajstić information content (AvgIpc) is 2.75. The van der Waals surface area contributed by atoms with E-state index in [-0.39, 0.29) is 0 Å². The van der Waals surface area contributed by atoms with Gasteiger partial charge in [-0.1, -0.05) is 12.1 Å². The summed E-state index contributed by atoms with van der Waals surface area (Å²) in [5.41, 5.74) is 4.19. The summed E-state index contributed by atoms with van der Waals surface area (Å²) in [6, 6.07) is 13.9. The summed E-state index contributed by atoms with van der Waals surface area (Å²) in [4.78, 5) is 7.05. The summed E-state index contributed by atoms with van der Waals surface area (Å²) >= 11 is 0. The average molecular weight is 378 g/mol. The van der Waals surface area contributed by atoms with Gasteiger partial charge in [0.25, 0.3) is 0 Å². The van der Waals surface area contributed by atoms with Crippen LogP contribution < -0.4 is 14.8 Å². The lowest BCUT2D eigenvalue weighted by Gasteiger charge is -2.32. The molecule has 2 aromatic rings. The molecule has 1 N–H and O–H groups in total. The standard InChI is InChI=1S/C22H26N4O2/c1-4-24-22(25-14-17-7-5-6-16(10-17)13-23)26-9-8-18-11-20(27-2)21(28-3)12-19(18)15-26/h5-7,10-12H,4,8-9,14-15H2,1-3H3,(H,24,25). The SMILES string of the molecule is CCNC(=NCc1cccc(C#N)c1)N1CCc2cc(OC)c(OC)cc2C1. The van der Waals surface area contributed by atoms with Gasteiger partial charge in [0, 0.05) is 19.6 Å². The van der Waals surface area contributed by atoms with Crippen LogP contribution in [-0.4, -0.2) is 38.2 Å². The van der Waals surface area contributed by atoms with Gasteiger partial charge in [0.1, 0.15) is 0 Å². The van der Waals surface area contributed by atoms with Crippen molar-refractivity contribution >= 4 is 5.96 Å². The number of hydrogen-bond donors (Lipinski definition) is 1.